The molecule has 2 aliphatic carbocycles. The molecule has 0 saturated heterocycles. The van der Waals surface area contributed by atoms with Crippen molar-refractivity contribution in [2.45, 2.75) is 53.0 Å². The molecule has 21 heavy (non-hydrogen) atoms. The number of rotatable bonds is 3. The maximum absolute atomic E-state index is 3.90. The Kier molecular flexibility index (Phi) is 3.27. The van der Waals surface area contributed by atoms with E-state index in [0.717, 1.165) is 5.92 Å². The van der Waals surface area contributed by atoms with Gasteiger partial charge < -0.3 is 10.2 Å². The summed E-state index contributed by atoms with van der Waals surface area (Å²) >= 11 is 0. The Bertz CT molecular complexity index is 542. The number of aryl methyl sites for hydroxylation is 1. The molecule has 2 saturated carbocycles. The normalized spacial score (nSPS) is 33.2. The Balaban J connectivity index is 1.89. The molecular weight excluding hydrogens is 256 g/mol. The van der Waals surface area contributed by atoms with Crippen molar-refractivity contribution in [2.75, 3.05) is 24.3 Å². The van der Waals surface area contributed by atoms with Gasteiger partial charge in [-0.15, -0.1) is 0 Å². The van der Waals surface area contributed by atoms with Crippen LogP contribution in [0.5, 0.6) is 0 Å². The second-order valence-electron chi connectivity index (χ2n) is 8.39. The molecule has 2 aliphatic rings. The van der Waals surface area contributed by atoms with Crippen molar-refractivity contribution in [1.29, 1.82) is 0 Å². The van der Waals surface area contributed by atoms with E-state index in [-0.39, 0.29) is 0 Å². The van der Waals surface area contributed by atoms with E-state index in [9.17, 15) is 0 Å². The van der Waals surface area contributed by atoms with Crippen LogP contribution in [0.2, 0.25) is 0 Å². The summed E-state index contributed by atoms with van der Waals surface area (Å²) in [5, 5.41) is 3.90. The molecular formula is C19H30N2. The van der Waals surface area contributed by atoms with Gasteiger partial charge in [-0.3, -0.25) is 0 Å². The molecule has 0 amide bonds. The number of anilines is 2. The number of fused-ring (bicyclic) bond motifs is 2. The minimum atomic E-state index is 0.399. The first-order valence-electron chi connectivity index (χ1n) is 8.28. The predicted molar refractivity (Wildman–Crippen MR) is 92.1 cm³/mol. The van der Waals surface area contributed by atoms with E-state index in [1.807, 2.05) is 0 Å². The van der Waals surface area contributed by atoms with Crippen LogP contribution in [0.4, 0.5) is 11.4 Å². The first-order valence-corrected chi connectivity index (χ1v) is 8.28. The van der Waals surface area contributed by atoms with Crippen molar-refractivity contribution in [2.24, 2.45) is 16.7 Å². The number of benzene rings is 1. The van der Waals surface area contributed by atoms with Gasteiger partial charge in [0.15, 0.2) is 0 Å². The summed E-state index contributed by atoms with van der Waals surface area (Å²) in [6, 6.07) is 7.37. The third-order valence-corrected chi connectivity index (χ3v) is 6.27. The summed E-state index contributed by atoms with van der Waals surface area (Å²) < 4.78 is 0. The summed E-state index contributed by atoms with van der Waals surface area (Å²) in [5.74, 6) is 0.888. The van der Waals surface area contributed by atoms with E-state index in [1.54, 1.807) is 0 Å². The quantitative estimate of drug-likeness (QED) is 0.867. The van der Waals surface area contributed by atoms with Crippen molar-refractivity contribution in [1.82, 2.24) is 0 Å². The summed E-state index contributed by atoms with van der Waals surface area (Å²) in [5.41, 5.74) is 4.79. The molecule has 3 unspecified atom stereocenters. The Hall–Kier alpha value is -1.18. The van der Waals surface area contributed by atoms with Crippen LogP contribution in [0.3, 0.4) is 0 Å². The lowest BCUT2D eigenvalue weighted by atomic mass is 9.68. The van der Waals surface area contributed by atoms with Gasteiger partial charge >= 0.3 is 0 Å². The molecule has 3 atom stereocenters. The number of nitrogens with zero attached hydrogens (tertiary/aromatic N) is 1. The average Bonchev–Trinajstić information content (AvgIpc) is 2.87. The van der Waals surface area contributed by atoms with Gasteiger partial charge in [-0.1, -0.05) is 26.8 Å². The summed E-state index contributed by atoms with van der Waals surface area (Å²) in [4.78, 5) is 2.20. The molecule has 116 valence electrons. The molecule has 1 aromatic carbocycles. The van der Waals surface area contributed by atoms with Crippen molar-refractivity contribution in [3.63, 3.8) is 0 Å². The second kappa shape index (κ2) is 4.66. The first-order chi connectivity index (χ1) is 9.74. The van der Waals surface area contributed by atoms with Crippen LogP contribution in [0.1, 0.15) is 45.6 Å². The smallest absolute Gasteiger partial charge is 0.0411 e. The maximum Gasteiger partial charge on any atom is 0.0411 e. The topological polar surface area (TPSA) is 15.3 Å². The predicted octanol–water partition coefficient (Wildman–Crippen LogP) is 4.69. The summed E-state index contributed by atoms with van der Waals surface area (Å²) in [7, 11) is 4.24. The van der Waals surface area contributed by atoms with Crippen LogP contribution in [0.15, 0.2) is 18.2 Å². The van der Waals surface area contributed by atoms with Crippen molar-refractivity contribution >= 4 is 11.4 Å². The van der Waals surface area contributed by atoms with E-state index in [4.69, 9.17) is 0 Å². The number of nitrogens with one attached hydrogen (secondary N) is 1. The Morgan fingerprint density at radius 3 is 2.48 bits per heavy atom. The fraction of sp³-hybridized carbons (Fsp3) is 0.684. The van der Waals surface area contributed by atoms with Crippen LogP contribution < -0.4 is 10.2 Å². The molecule has 1 N–H and O–H groups in total. The van der Waals surface area contributed by atoms with Gasteiger partial charge in [-0.25, -0.2) is 0 Å². The zero-order valence-electron chi connectivity index (χ0n) is 14.5. The molecule has 1 aromatic rings. The lowest BCUT2D eigenvalue weighted by Crippen LogP contribution is -2.45. The second-order valence-corrected chi connectivity index (χ2v) is 8.39. The Labute approximate surface area is 129 Å². The number of hydrogen-bond donors (Lipinski definition) is 1. The van der Waals surface area contributed by atoms with Gasteiger partial charge in [-0.2, -0.15) is 0 Å². The maximum atomic E-state index is 3.90. The van der Waals surface area contributed by atoms with Crippen LogP contribution in [-0.2, 0) is 0 Å². The highest BCUT2D eigenvalue weighted by Gasteiger charge is 2.59. The zero-order valence-corrected chi connectivity index (χ0v) is 14.5. The molecule has 0 radical (unpaired) electrons. The van der Waals surface area contributed by atoms with E-state index in [2.05, 4.69) is 70.2 Å². The number of hydrogen-bond acceptors (Lipinski definition) is 2. The lowest BCUT2D eigenvalue weighted by molar-refractivity contribution is 0.155. The molecule has 0 spiro atoms. The van der Waals surface area contributed by atoms with Crippen molar-refractivity contribution in [3.05, 3.63) is 23.8 Å². The molecule has 2 bridgehead atoms. The van der Waals surface area contributed by atoms with Gasteiger partial charge in [0.2, 0.25) is 0 Å². The van der Waals surface area contributed by atoms with Crippen LogP contribution in [-0.4, -0.2) is 20.1 Å². The van der Waals surface area contributed by atoms with E-state index >= 15 is 0 Å². The third-order valence-electron chi connectivity index (χ3n) is 6.27. The Morgan fingerprint density at radius 2 is 1.90 bits per heavy atom. The van der Waals surface area contributed by atoms with Gasteiger partial charge in [-0.05, 0) is 60.6 Å². The van der Waals surface area contributed by atoms with Gasteiger partial charge in [0.25, 0.3) is 0 Å². The molecule has 0 aromatic heterocycles. The molecule has 0 aliphatic heterocycles. The summed E-state index contributed by atoms with van der Waals surface area (Å²) in [6.45, 7) is 9.59. The average molecular weight is 286 g/mol. The van der Waals surface area contributed by atoms with E-state index < -0.39 is 0 Å². The van der Waals surface area contributed by atoms with Gasteiger partial charge in [0.05, 0.1) is 0 Å². The van der Waals surface area contributed by atoms with Gasteiger partial charge in [0, 0.05) is 31.5 Å². The van der Waals surface area contributed by atoms with Crippen LogP contribution in [0, 0.1) is 23.7 Å². The minimum Gasteiger partial charge on any atom is -0.381 e. The SMILES string of the molecule is Cc1ccc(NC2C3(C)CCC(C3)C2(C)C)cc1N(C)C. The molecule has 2 heteroatoms. The highest BCUT2D eigenvalue weighted by atomic mass is 15.1. The van der Waals surface area contributed by atoms with E-state index in [0.29, 0.717) is 16.9 Å². The van der Waals surface area contributed by atoms with Gasteiger partial charge in [0.1, 0.15) is 0 Å². The molecule has 2 nitrogen and oxygen atoms in total. The molecule has 2 fully saturated rings. The van der Waals surface area contributed by atoms with Crippen LogP contribution >= 0.6 is 0 Å². The molecule has 0 heterocycles. The standard InChI is InChI=1S/C19H30N2/c1-13-7-8-15(11-16(13)21(5)6)20-17-18(2,3)14-9-10-19(17,4)12-14/h7-8,11,14,17,20H,9-10,12H2,1-6H3. The lowest BCUT2D eigenvalue weighted by Gasteiger charge is -2.43. The van der Waals surface area contributed by atoms with E-state index in [1.165, 1.54) is 36.2 Å². The zero-order chi connectivity index (χ0) is 15.4. The summed E-state index contributed by atoms with van der Waals surface area (Å²) in [6.07, 6.45) is 4.19. The fourth-order valence-electron chi connectivity index (χ4n) is 5.01. The largest absolute Gasteiger partial charge is 0.381 e. The first kappa shape index (κ1) is 14.7. The monoisotopic (exact) mass is 286 g/mol. The minimum absolute atomic E-state index is 0.399. The van der Waals surface area contributed by atoms with Crippen molar-refractivity contribution < 1.29 is 0 Å². The highest BCUT2D eigenvalue weighted by molar-refractivity contribution is 5.62. The highest BCUT2D eigenvalue weighted by Crippen LogP contribution is 2.63. The van der Waals surface area contributed by atoms with Crippen LogP contribution in [0.25, 0.3) is 0 Å². The Morgan fingerprint density at radius 1 is 1.19 bits per heavy atom. The third kappa shape index (κ3) is 2.23. The molecule has 3 rings (SSSR count). The fourth-order valence-corrected chi connectivity index (χ4v) is 5.01. The van der Waals surface area contributed by atoms with Crippen molar-refractivity contribution in [3.8, 4) is 0 Å².